The molecule has 1 saturated carbocycles. The Hall–Kier alpha value is -2.55. The molecule has 29 heavy (non-hydrogen) atoms. The van der Waals surface area contributed by atoms with E-state index in [-0.39, 0.29) is 11.8 Å². The molecule has 4 rings (SSSR count). The lowest BCUT2D eigenvalue weighted by Crippen LogP contribution is -2.39. The van der Waals surface area contributed by atoms with Crippen molar-refractivity contribution in [1.82, 2.24) is 24.2 Å². The number of hydrogen-bond acceptors (Lipinski definition) is 3. The van der Waals surface area contributed by atoms with E-state index in [1.54, 1.807) is 4.68 Å². The highest BCUT2D eigenvalue weighted by Gasteiger charge is 2.31. The second kappa shape index (κ2) is 8.86. The van der Waals surface area contributed by atoms with Gasteiger partial charge in [-0.15, -0.1) is 6.42 Å². The van der Waals surface area contributed by atoms with Crippen LogP contribution in [-0.4, -0.2) is 36.7 Å². The fourth-order valence-electron chi connectivity index (χ4n) is 4.85. The highest BCUT2D eigenvalue weighted by atomic mass is 16.2. The zero-order valence-electron chi connectivity index (χ0n) is 17.4. The summed E-state index contributed by atoms with van der Waals surface area (Å²) in [5.41, 5.74) is 2.11. The number of nitrogens with zero attached hydrogens (tertiary/aromatic N) is 5. The van der Waals surface area contributed by atoms with Crippen molar-refractivity contribution in [2.45, 2.75) is 77.4 Å². The normalized spacial score (nSPS) is 19.5. The Labute approximate surface area is 173 Å². The van der Waals surface area contributed by atoms with Gasteiger partial charge in [-0.05, 0) is 32.3 Å². The quantitative estimate of drug-likeness (QED) is 0.707. The van der Waals surface area contributed by atoms with Gasteiger partial charge in [-0.3, -0.25) is 9.48 Å². The summed E-state index contributed by atoms with van der Waals surface area (Å²) in [5, 5.41) is 4.47. The van der Waals surface area contributed by atoms with Crippen LogP contribution in [0.4, 0.5) is 0 Å². The Morgan fingerprint density at radius 3 is 2.90 bits per heavy atom. The maximum Gasteiger partial charge on any atom is 0.226 e. The Morgan fingerprint density at radius 2 is 2.14 bits per heavy atom. The largest absolute Gasteiger partial charge is 0.337 e. The molecule has 0 saturated heterocycles. The van der Waals surface area contributed by atoms with Gasteiger partial charge in [0.15, 0.2) is 0 Å². The zero-order chi connectivity index (χ0) is 20.2. The standard InChI is InChI=1S/C23H31N5O/c1-3-12-27-13-11-20(25-27)17-26(4-2)23(29)19-10-14-28-21(15-19)16-24-22(28)18-8-6-5-7-9-18/h1,11,13,16,18-19H,4-10,12,14-15,17H2,2H3. The van der Waals surface area contributed by atoms with Gasteiger partial charge >= 0.3 is 0 Å². The predicted molar refractivity (Wildman–Crippen MR) is 112 cm³/mol. The minimum atomic E-state index is 0.0335. The molecule has 1 aliphatic heterocycles. The van der Waals surface area contributed by atoms with Crippen molar-refractivity contribution in [3.05, 3.63) is 35.7 Å². The molecule has 2 aromatic heterocycles. The van der Waals surface area contributed by atoms with Crippen LogP contribution in [0.2, 0.25) is 0 Å². The summed E-state index contributed by atoms with van der Waals surface area (Å²) < 4.78 is 4.14. The molecule has 0 N–H and O–H groups in total. The Kier molecular flexibility index (Phi) is 6.03. The number of aromatic nitrogens is 4. The third kappa shape index (κ3) is 4.24. The van der Waals surface area contributed by atoms with E-state index in [4.69, 9.17) is 11.4 Å². The van der Waals surface area contributed by atoms with E-state index in [9.17, 15) is 4.79 Å². The highest BCUT2D eigenvalue weighted by molar-refractivity contribution is 5.79. The molecule has 1 atom stereocenters. The topological polar surface area (TPSA) is 56.0 Å². The lowest BCUT2D eigenvalue weighted by molar-refractivity contribution is -0.136. The molecule has 0 bridgehead atoms. The van der Waals surface area contributed by atoms with Gasteiger partial charge in [0.05, 0.1) is 12.2 Å². The number of carbonyl (C=O) groups is 1. The molecule has 6 nitrogen and oxygen atoms in total. The molecule has 0 radical (unpaired) electrons. The van der Waals surface area contributed by atoms with Crippen molar-refractivity contribution in [1.29, 1.82) is 0 Å². The first-order chi connectivity index (χ1) is 14.2. The molecule has 1 amide bonds. The highest BCUT2D eigenvalue weighted by Crippen LogP contribution is 2.34. The molecule has 1 aliphatic carbocycles. The Morgan fingerprint density at radius 1 is 1.31 bits per heavy atom. The van der Waals surface area contributed by atoms with Gasteiger partial charge < -0.3 is 9.47 Å². The van der Waals surface area contributed by atoms with Crippen LogP contribution in [0.25, 0.3) is 0 Å². The van der Waals surface area contributed by atoms with Crippen LogP contribution in [0.5, 0.6) is 0 Å². The summed E-state index contributed by atoms with van der Waals surface area (Å²) in [6.45, 7) is 4.62. The summed E-state index contributed by atoms with van der Waals surface area (Å²) in [5.74, 6) is 4.71. The summed E-state index contributed by atoms with van der Waals surface area (Å²) in [4.78, 5) is 19.9. The first-order valence-corrected chi connectivity index (χ1v) is 11.0. The maximum absolute atomic E-state index is 13.2. The first kappa shape index (κ1) is 19.8. The van der Waals surface area contributed by atoms with Crippen molar-refractivity contribution in [3.63, 3.8) is 0 Å². The van der Waals surface area contributed by atoms with E-state index in [1.165, 1.54) is 43.6 Å². The smallest absolute Gasteiger partial charge is 0.226 e. The number of fused-ring (bicyclic) bond motifs is 1. The van der Waals surface area contributed by atoms with E-state index in [1.807, 2.05) is 30.3 Å². The average molecular weight is 394 g/mol. The molecule has 0 aromatic carbocycles. The van der Waals surface area contributed by atoms with Crippen molar-refractivity contribution in [2.24, 2.45) is 5.92 Å². The van der Waals surface area contributed by atoms with Gasteiger partial charge in [0.1, 0.15) is 12.4 Å². The number of rotatable bonds is 6. The Bertz CT molecular complexity index is 883. The first-order valence-electron chi connectivity index (χ1n) is 11.0. The number of amides is 1. The lowest BCUT2D eigenvalue weighted by Gasteiger charge is -2.30. The molecule has 1 fully saturated rings. The number of carbonyl (C=O) groups excluding carboxylic acids is 1. The fourth-order valence-corrected chi connectivity index (χ4v) is 4.85. The molecule has 0 spiro atoms. The maximum atomic E-state index is 13.2. The van der Waals surface area contributed by atoms with Gasteiger partial charge in [-0.2, -0.15) is 5.10 Å². The molecular weight excluding hydrogens is 362 g/mol. The molecule has 3 heterocycles. The third-order valence-electron chi connectivity index (χ3n) is 6.44. The van der Waals surface area contributed by atoms with E-state index >= 15 is 0 Å². The predicted octanol–water partition coefficient (Wildman–Crippen LogP) is 3.37. The molecule has 154 valence electrons. The van der Waals surface area contributed by atoms with Crippen LogP contribution >= 0.6 is 0 Å². The van der Waals surface area contributed by atoms with Crippen molar-refractivity contribution in [3.8, 4) is 12.3 Å². The van der Waals surface area contributed by atoms with Crippen LogP contribution in [0.3, 0.4) is 0 Å². The van der Waals surface area contributed by atoms with Gasteiger partial charge in [-0.25, -0.2) is 4.98 Å². The molecule has 2 aliphatic rings. The van der Waals surface area contributed by atoms with Crippen molar-refractivity contribution >= 4 is 5.91 Å². The summed E-state index contributed by atoms with van der Waals surface area (Å²) in [6.07, 6.45) is 17.4. The number of hydrogen-bond donors (Lipinski definition) is 0. The van der Waals surface area contributed by atoms with Crippen LogP contribution in [-0.2, 0) is 30.8 Å². The SMILES string of the molecule is C#CCn1ccc(CN(CC)C(=O)C2CCn3c(cnc3C3CCCCC3)C2)n1. The van der Waals surface area contributed by atoms with Crippen molar-refractivity contribution in [2.75, 3.05) is 6.54 Å². The molecule has 1 unspecified atom stereocenters. The fraction of sp³-hybridized carbons (Fsp3) is 0.609. The summed E-state index contributed by atoms with van der Waals surface area (Å²) >= 11 is 0. The second-order valence-corrected chi connectivity index (χ2v) is 8.35. The molecular formula is C23H31N5O. The van der Waals surface area contributed by atoms with E-state index in [0.29, 0.717) is 25.6 Å². The molecule has 2 aromatic rings. The van der Waals surface area contributed by atoms with Gasteiger partial charge in [0.25, 0.3) is 0 Å². The van der Waals surface area contributed by atoms with E-state index < -0.39 is 0 Å². The zero-order valence-corrected chi connectivity index (χ0v) is 17.4. The minimum Gasteiger partial charge on any atom is -0.337 e. The van der Waals surface area contributed by atoms with Crippen LogP contribution in [0.1, 0.15) is 68.6 Å². The average Bonchev–Trinajstić information content (AvgIpc) is 3.38. The number of imidazole rings is 1. The lowest BCUT2D eigenvalue weighted by atomic mass is 9.88. The van der Waals surface area contributed by atoms with E-state index in [0.717, 1.165) is 25.1 Å². The van der Waals surface area contributed by atoms with Crippen molar-refractivity contribution < 1.29 is 4.79 Å². The van der Waals surface area contributed by atoms with Crippen LogP contribution in [0, 0.1) is 18.3 Å². The van der Waals surface area contributed by atoms with Crippen LogP contribution < -0.4 is 0 Å². The second-order valence-electron chi connectivity index (χ2n) is 8.35. The molecule has 6 heteroatoms. The van der Waals surface area contributed by atoms with E-state index in [2.05, 4.69) is 15.6 Å². The number of terminal acetylenes is 1. The van der Waals surface area contributed by atoms with Crippen LogP contribution in [0.15, 0.2) is 18.5 Å². The van der Waals surface area contributed by atoms with Gasteiger partial charge in [-0.1, -0.05) is 25.2 Å². The van der Waals surface area contributed by atoms with Gasteiger partial charge in [0, 0.05) is 49.4 Å². The summed E-state index contributed by atoms with van der Waals surface area (Å²) in [7, 11) is 0. The third-order valence-corrected chi connectivity index (χ3v) is 6.44. The minimum absolute atomic E-state index is 0.0335. The summed E-state index contributed by atoms with van der Waals surface area (Å²) in [6, 6.07) is 1.94. The van der Waals surface area contributed by atoms with Gasteiger partial charge in [0.2, 0.25) is 5.91 Å². The monoisotopic (exact) mass is 393 g/mol. The Balaban J connectivity index is 1.41.